The lowest BCUT2D eigenvalue weighted by atomic mass is 10.0. The summed E-state index contributed by atoms with van der Waals surface area (Å²) in [6.45, 7) is 2.02. The number of hydrogen-bond acceptors (Lipinski definition) is 5. The molecule has 1 saturated heterocycles. The standard InChI is InChI=1S/C29H32N2O3/c32-26-12-3-2-9-22(26)15-16-23-10-7-11-25-24-17-14-21(20-27(24)34-29(23)25)8-1-4-13-28(30-33)31-18-5-6-19-31/h2-3,7,9-12,14,17,20,28,32H,1,4-6,8,13,15-16,18-19H2. The molecule has 0 amide bonds. The first-order chi connectivity index (χ1) is 16.7. The smallest absolute Gasteiger partial charge is 0.144 e. The van der Waals surface area contributed by atoms with E-state index in [0.717, 1.165) is 84.7 Å². The minimum Gasteiger partial charge on any atom is -0.508 e. The Kier molecular flexibility index (Phi) is 6.91. The minimum atomic E-state index is -0.156. The average Bonchev–Trinajstić information content (AvgIpc) is 3.52. The third-order valence-corrected chi connectivity index (χ3v) is 7.16. The van der Waals surface area contributed by atoms with Crippen molar-refractivity contribution in [1.82, 2.24) is 4.90 Å². The fourth-order valence-electron chi connectivity index (χ4n) is 5.24. The quantitative estimate of drug-likeness (QED) is 0.206. The van der Waals surface area contributed by atoms with Gasteiger partial charge in [0.15, 0.2) is 0 Å². The third kappa shape index (κ3) is 4.85. The number of rotatable bonds is 10. The van der Waals surface area contributed by atoms with E-state index >= 15 is 0 Å². The molecule has 0 radical (unpaired) electrons. The Bertz CT molecular complexity index is 1270. The van der Waals surface area contributed by atoms with Crippen LogP contribution in [0.15, 0.2) is 70.3 Å². The minimum absolute atomic E-state index is 0.156. The van der Waals surface area contributed by atoms with E-state index in [0.29, 0.717) is 5.75 Å². The van der Waals surface area contributed by atoms with E-state index in [1.54, 1.807) is 6.07 Å². The fourth-order valence-corrected chi connectivity index (χ4v) is 5.24. The van der Waals surface area contributed by atoms with Gasteiger partial charge < -0.3 is 9.52 Å². The number of furan rings is 1. The van der Waals surface area contributed by atoms with Crippen molar-refractivity contribution < 1.29 is 9.52 Å². The molecule has 1 aromatic heterocycles. The van der Waals surface area contributed by atoms with Gasteiger partial charge in [-0.3, -0.25) is 4.90 Å². The maximum Gasteiger partial charge on any atom is 0.144 e. The highest BCUT2D eigenvalue weighted by Gasteiger charge is 2.21. The van der Waals surface area contributed by atoms with Gasteiger partial charge in [0, 0.05) is 23.9 Å². The van der Waals surface area contributed by atoms with Crippen LogP contribution in [0.2, 0.25) is 0 Å². The summed E-state index contributed by atoms with van der Waals surface area (Å²) < 4.78 is 6.35. The zero-order chi connectivity index (χ0) is 23.3. The second-order valence-corrected chi connectivity index (χ2v) is 9.43. The number of likely N-dealkylation sites (tertiary alicyclic amines) is 1. The Morgan fingerprint density at radius 1 is 0.882 bits per heavy atom. The topological polar surface area (TPSA) is 66.0 Å². The molecule has 0 spiro atoms. The molecule has 4 aromatic rings. The SMILES string of the molecule is O=NC(CCCCc1ccc2c(c1)oc1c(CCc3ccccc3O)cccc12)N1CCCC1. The molecule has 1 aliphatic rings. The maximum absolute atomic E-state index is 11.2. The predicted molar refractivity (Wildman–Crippen MR) is 137 cm³/mol. The van der Waals surface area contributed by atoms with E-state index in [9.17, 15) is 10.0 Å². The molecule has 2 heterocycles. The van der Waals surface area contributed by atoms with E-state index < -0.39 is 0 Å². The molecule has 176 valence electrons. The number of phenols is 1. The molecule has 1 atom stereocenters. The van der Waals surface area contributed by atoms with Crippen LogP contribution in [0.1, 0.15) is 48.8 Å². The summed E-state index contributed by atoms with van der Waals surface area (Å²) in [5, 5.41) is 15.7. The third-order valence-electron chi connectivity index (χ3n) is 7.16. The van der Waals surface area contributed by atoms with E-state index in [1.807, 2.05) is 18.2 Å². The van der Waals surface area contributed by atoms with Crippen LogP contribution in [0.5, 0.6) is 5.75 Å². The van der Waals surface area contributed by atoms with Crippen molar-refractivity contribution in [2.45, 2.75) is 57.5 Å². The average molecular weight is 457 g/mol. The summed E-state index contributed by atoms with van der Waals surface area (Å²) in [6.07, 6.45) is 7.64. The van der Waals surface area contributed by atoms with Crippen LogP contribution in [0, 0.1) is 4.91 Å². The number of phenolic OH excluding ortho intramolecular Hbond substituents is 1. The van der Waals surface area contributed by atoms with Crippen LogP contribution < -0.4 is 0 Å². The summed E-state index contributed by atoms with van der Waals surface area (Å²) >= 11 is 0. The lowest BCUT2D eigenvalue weighted by Crippen LogP contribution is -2.30. The zero-order valence-electron chi connectivity index (χ0n) is 19.6. The molecule has 5 nitrogen and oxygen atoms in total. The molecular formula is C29H32N2O3. The van der Waals surface area contributed by atoms with E-state index in [4.69, 9.17) is 4.42 Å². The van der Waals surface area contributed by atoms with Crippen LogP contribution in [0.3, 0.4) is 0 Å². The van der Waals surface area contributed by atoms with Crippen molar-refractivity contribution >= 4 is 21.9 Å². The fraction of sp³-hybridized carbons (Fsp3) is 0.379. The molecule has 0 bridgehead atoms. The van der Waals surface area contributed by atoms with Gasteiger partial charge in [-0.25, -0.2) is 0 Å². The summed E-state index contributed by atoms with van der Waals surface area (Å²) in [4.78, 5) is 13.5. The van der Waals surface area contributed by atoms with Crippen LogP contribution in [0.25, 0.3) is 21.9 Å². The van der Waals surface area contributed by atoms with Crippen molar-refractivity contribution in [2.75, 3.05) is 13.1 Å². The molecule has 5 rings (SSSR count). The van der Waals surface area contributed by atoms with Gasteiger partial charge in [0.1, 0.15) is 23.1 Å². The Hall–Kier alpha value is -3.18. The Morgan fingerprint density at radius 2 is 1.68 bits per heavy atom. The highest BCUT2D eigenvalue weighted by atomic mass is 16.3. The number of nitroso groups, excluding NO2 is 1. The molecule has 3 aromatic carbocycles. The van der Waals surface area contributed by atoms with Crippen molar-refractivity contribution in [1.29, 1.82) is 0 Å². The van der Waals surface area contributed by atoms with E-state index in [-0.39, 0.29) is 6.17 Å². The van der Waals surface area contributed by atoms with Gasteiger partial charge in [-0.1, -0.05) is 53.7 Å². The number of nitrogens with zero attached hydrogens (tertiary/aromatic N) is 2. The second kappa shape index (κ2) is 10.4. The van der Waals surface area contributed by atoms with Gasteiger partial charge in [-0.15, -0.1) is 4.91 Å². The Morgan fingerprint density at radius 3 is 2.50 bits per heavy atom. The highest BCUT2D eigenvalue weighted by molar-refractivity contribution is 6.06. The number of unbranched alkanes of at least 4 members (excludes halogenated alkanes) is 1. The molecular weight excluding hydrogens is 424 g/mol. The molecule has 5 heteroatoms. The summed E-state index contributed by atoms with van der Waals surface area (Å²) in [5.74, 6) is 0.347. The molecule has 1 N–H and O–H groups in total. The Labute approximate surface area is 200 Å². The largest absolute Gasteiger partial charge is 0.508 e. The summed E-state index contributed by atoms with van der Waals surface area (Å²) in [7, 11) is 0. The van der Waals surface area contributed by atoms with Gasteiger partial charge in [0.25, 0.3) is 0 Å². The second-order valence-electron chi connectivity index (χ2n) is 9.43. The predicted octanol–water partition coefficient (Wildman–Crippen LogP) is 6.98. The summed E-state index contributed by atoms with van der Waals surface area (Å²) in [5.41, 5.74) is 5.24. The van der Waals surface area contributed by atoms with Gasteiger partial charge in [-0.05, 0) is 80.2 Å². The molecule has 1 unspecified atom stereocenters. The first-order valence-electron chi connectivity index (χ1n) is 12.5. The number of benzene rings is 3. The molecule has 0 aliphatic carbocycles. The van der Waals surface area contributed by atoms with Crippen LogP contribution in [0.4, 0.5) is 0 Å². The number of aryl methyl sites for hydroxylation is 3. The van der Waals surface area contributed by atoms with Crippen molar-refractivity contribution in [3.63, 3.8) is 0 Å². The maximum atomic E-state index is 11.2. The molecule has 1 aliphatic heterocycles. The highest BCUT2D eigenvalue weighted by Crippen LogP contribution is 2.33. The van der Waals surface area contributed by atoms with Crippen molar-refractivity contribution in [3.8, 4) is 5.75 Å². The van der Waals surface area contributed by atoms with Crippen LogP contribution >= 0.6 is 0 Å². The van der Waals surface area contributed by atoms with Crippen LogP contribution in [-0.4, -0.2) is 29.3 Å². The van der Waals surface area contributed by atoms with Gasteiger partial charge in [0.05, 0.1) is 0 Å². The number of fused-ring (bicyclic) bond motifs is 3. The molecule has 1 fully saturated rings. The van der Waals surface area contributed by atoms with E-state index in [2.05, 4.69) is 46.5 Å². The van der Waals surface area contributed by atoms with E-state index in [1.165, 1.54) is 18.4 Å². The van der Waals surface area contributed by atoms with Crippen molar-refractivity contribution in [2.24, 2.45) is 5.18 Å². The first kappa shape index (κ1) is 22.6. The Balaban J connectivity index is 1.25. The first-order valence-corrected chi connectivity index (χ1v) is 12.5. The normalized spacial score (nSPS) is 15.3. The van der Waals surface area contributed by atoms with Crippen molar-refractivity contribution in [3.05, 3.63) is 82.3 Å². The lowest BCUT2D eigenvalue weighted by Gasteiger charge is -2.20. The zero-order valence-corrected chi connectivity index (χ0v) is 19.6. The van der Waals surface area contributed by atoms with Gasteiger partial charge in [-0.2, -0.15) is 0 Å². The number of aromatic hydroxyl groups is 1. The van der Waals surface area contributed by atoms with Gasteiger partial charge >= 0.3 is 0 Å². The monoisotopic (exact) mass is 456 g/mol. The number of hydrogen-bond donors (Lipinski definition) is 1. The summed E-state index contributed by atoms with van der Waals surface area (Å²) in [6, 6.07) is 20.4. The van der Waals surface area contributed by atoms with Gasteiger partial charge in [0.2, 0.25) is 0 Å². The van der Waals surface area contributed by atoms with Crippen LogP contribution in [-0.2, 0) is 19.3 Å². The number of para-hydroxylation sites is 2. The molecule has 0 saturated carbocycles. The lowest BCUT2D eigenvalue weighted by molar-refractivity contribution is 0.232. The molecule has 34 heavy (non-hydrogen) atoms.